The van der Waals surface area contributed by atoms with Crippen LogP contribution in [0.25, 0.3) is 22.3 Å². The molecule has 0 spiro atoms. The van der Waals surface area contributed by atoms with Crippen LogP contribution in [0.5, 0.6) is 5.75 Å². The Morgan fingerprint density at radius 1 is 0.870 bits per heavy atom. The van der Waals surface area contributed by atoms with Crippen molar-refractivity contribution in [3.8, 4) is 28.0 Å². The number of esters is 1. The van der Waals surface area contributed by atoms with Crippen LogP contribution in [-0.2, 0) is 22.4 Å². The molecule has 4 rings (SSSR count). The van der Waals surface area contributed by atoms with Gasteiger partial charge in [-0.1, -0.05) is 88.7 Å². The fourth-order valence-corrected chi connectivity index (χ4v) is 6.51. The minimum atomic E-state index is -0.552. The van der Waals surface area contributed by atoms with E-state index in [4.69, 9.17) is 9.47 Å². The molecule has 0 amide bonds. The largest absolute Gasteiger partial charge is 0.493 e. The van der Waals surface area contributed by atoms with Gasteiger partial charge in [0.1, 0.15) is 5.75 Å². The van der Waals surface area contributed by atoms with Crippen molar-refractivity contribution in [2.24, 2.45) is 11.3 Å². The molecule has 5 heteroatoms. The Bertz CT molecular complexity index is 1420. The third kappa shape index (κ3) is 9.11. The molecule has 0 heterocycles. The van der Waals surface area contributed by atoms with Crippen LogP contribution in [0.2, 0.25) is 0 Å². The first-order chi connectivity index (χ1) is 22.2. The molecule has 1 saturated carbocycles. The summed E-state index contributed by atoms with van der Waals surface area (Å²) < 4.78 is 11.6. The van der Waals surface area contributed by atoms with Crippen molar-refractivity contribution in [2.75, 3.05) is 26.4 Å². The highest BCUT2D eigenvalue weighted by atomic mass is 16.5. The van der Waals surface area contributed by atoms with Gasteiger partial charge in [-0.15, -0.1) is 0 Å². The van der Waals surface area contributed by atoms with Gasteiger partial charge in [-0.05, 0) is 115 Å². The molecule has 2 N–H and O–H groups in total. The molecular weight excluding hydrogens is 572 g/mol. The Hall–Kier alpha value is -3.41. The molecule has 0 bridgehead atoms. The number of benzene rings is 3. The molecule has 1 fully saturated rings. The van der Waals surface area contributed by atoms with Gasteiger partial charge in [0, 0.05) is 11.0 Å². The van der Waals surface area contributed by atoms with Crippen molar-refractivity contribution in [3.05, 3.63) is 89.5 Å². The average Bonchev–Trinajstić information content (AvgIpc) is 3.09. The van der Waals surface area contributed by atoms with E-state index in [-0.39, 0.29) is 19.2 Å². The van der Waals surface area contributed by atoms with Gasteiger partial charge in [-0.2, -0.15) is 0 Å². The minimum Gasteiger partial charge on any atom is -0.493 e. The van der Waals surface area contributed by atoms with E-state index < -0.39 is 5.41 Å². The van der Waals surface area contributed by atoms with E-state index in [1.165, 1.54) is 53.5 Å². The Balaban J connectivity index is 1.54. The van der Waals surface area contributed by atoms with Gasteiger partial charge in [0.05, 0.1) is 26.4 Å². The lowest BCUT2D eigenvalue weighted by atomic mass is 9.79. The third-order valence-corrected chi connectivity index (χ3v) is 10.1. The van der Waals surface area contributed by atoms with E-state index in [2.05, 4.69) is 75.0 Å². The molecule has 0 radical (unpaired) electrons. The summed E-state index contributed by atoms with van der Waals surface area (Å²) in [6, 6.07) is 22.3. The number of aryl methyl sites for hydroxylation is 2. The quantitative estimate of drug-likeness (QED) is 0.0942. The lowest BCUT2D eigenvalue weighted by Gasteiger charge is -2.28. The highest BCUT2D eigenvalue weighted by Crippen LogP contribution is 2.37. The van der Waals surface area contributed by atoms with E-state index in [9.17, 15) is 15.0 Å². The summed E-state index contributed by atoms with van der Waals surface area (Å²) >= 11 is 0. The number of ether oxygens (including phenoxy) is 2. The first kappa shape index (κ1) is 35.4. The first-order valence-electron chi connectivity index (χ1n) is 17.3. The van der Waals surface area contributed by atoms with Crippen molar-refractivity contribution in [2.45, 2.75) is 91.4 Å². The minimum absolute atomic E-state index is 0.0803. The van der Waals surface area contributed by atoms with Crippen LogP contribution in [-0.4, -0.2) is 42.6 Å². The van der Waals surface area contributed by atoms with Gasteiger partial charge < -0.3 is 19.7 Å². The van der Waals surface area contributed by atoms with Crippen molar-refractivity contribution in [1.82, 2.24) is 0 Å². The van der Waals surface area contributed by atoms with Crippen molar-refractivity contribution in [3.63, 3.8) is 0 Å². The van der Waals surface area contributed by atoms with E-state index in [0.717, 1.165) is 29.2 Å². The monoisotopic (exact) mass is 626 g/mol. The Labute approximate surface area is 276 Å². The zero-order valence-corrected chi connectivity index (χ0v) is 28.4. The Morgan fingerprint density at radius 2 is 1.52 bits per heavy atom. The molecule has 0 unspecified atom stereocenters. The predicted octanol–water partition coefficient (Wildman–Crippen LogP) is 9.08. The number of carbonyl (C=O) groups excluding carboxylic acids is 1. The number of hydrogen-bond donors (Lipinski definition) is 2. The maximum Gasteiger partial charge on any atom is 0.333 e. The van der Waals surface area contributed by atoms with Gasteiger partial charge in [0.15, 0.2) is 0 Å². The van der Waals surface area contributed by atoms with Crippen molar-refractivity contribution >= 4 is 5.97 Å². The summed E-state index contributed by atoms with van der Waals surface area (Å²) in [6.45, 7) is 12.4. The molecule has 46 heavy (non-hydrogen) atoms. The molecule has 3 aromatic rings. The van der Waals surface area contributed by atoms with Crippen LogP contribution < -0.4 is 4.74 Å². The zero-order valence-electron chi connectivity index (χ0n) is 28.4. The predicted molar refractivity (Wildman–Crippen MR) is 188 cm³/mol. The van der Waals surface area contributed by atoms with Gasteiger partial charge >= 0.3 is 5.97 Å². The number of carbonyl (C=O) groups is 1. The number of aliphatic hydroxyl groups is 2. The van der Waals surface area contributed by atoms with Gasteiger partial charge in [0.2, 0.25) is 0 Å². The standard InChI is InChI=1S/C41H54O5/c1-6-31-25-35(34-16-14-33(15-17-34)32-12-10-30(5)11-13-32)18-20-38(31)36-19-21-39(45-24-22-41(7-2,27-42)28-43)37(26-36)9-8-23-46-40(44)29(3)4/h14-21,25-26,30,32,42-43H,3,6-13,22-24,27-28H2,1-2,4-5H3. The van der Waals surface area contributed by atoms with Crippen molar-refractivity contribution in [1.29, 1.82) is 0 Å². The summed E-state index contributed by atoms with van der Waals surface area (Å²) in [6.07, 6.45) is 8.72. The van der Waals surface area contributed by atoms with Crippen LogP contribution in [0.1, 0.15) is 95.2 Å². The van der Waals surface area contributed by atoms with Gasteiger partial charge in [-0.25, -0.2) is 4.79 Å². The average molecular weight is 627 g/mol. The number of hydrogen-bond acceptors (Lipinski definition) is 5. The van der Waals surface area contributed by atoms with Crippen LogP contribution >= 0.6 is 0 Å². The maximum atomic E-state index is 11.9. The second-order valence-electron chi connectivity index (χ2n) is 13.4. The molecule has 0 saturated heterocycles. The zero-order chi connectivity index (χ0) is 33.1. The Kier molecular flexibility index (Phi) is 13.1. The lowest BCUT2D eigenvalue weighted by Crippen LogP contribution is -2.31. The van der Waals surface area contributed by atoms with Crippen LogP contribution in [0.4, 0.5) is 0 Å². The highest BCUT2D eigenvalue weighted by Gasteiger charge is 2.26. The first-order valence-corrected chi connectivity index (χ1v) is 17.3. The van der Waals surface area contributed by atoms with E-state index in [1.54, 1.807) is 6.92 Å². The Morgan fingerprint density at radius 3 is 2.15 bits per heavy atom. The molecular formula is C41H54O5. The summed E-state index contributed by atoms with van der Waals surface area (Å²) in [7, 11) is 0. The topological polar surface area (TPSA) is 76.0 Å². The normalized spacial score (nSPS) is 16.7. The molecule has 0 aliphatic heterocycles. The van der Waals surface area contributed by atoms with Gasteiger partial charge in [-0.3, -0.25) is 0 Å². The maximum absolute atomic E-state index is 11.9. The van der Waals surface area contributed by atoms with E-state index in [0.29, 0.717) is 50.4 Å². The second kappa shape index (κ2) is 16.9. The molecule has 1 aliphatic carbocycles. The molecule has 5 nitrogen and oxygen atoms in total. The highest BCUT2D eigenvalue weighted by molar-refractivity contribution is 5.86. The van der Waals surface area contributed by atoms with Crippen LogP contribution in [0, 0.1) is 11.3 Å². The fraction of sp³-hybridized carbons (Fsp3) is 0.488. The SMILES string of the molecule is C=C(C)C(=O)OCCCc1cc(-c2ccc(-c3ccc(C4CCC(C)CC4)cc3)cc2CC)ccc1OCCC(CC)(CO)CO. The van der Waals surface area contributed by atoms with E-state index >= 15 is 0 Å². The number of rotatable bonds is 16. The fourth-order valence-electron chi connectivity index (χ4n) is 6.51. The molecule has 3 aromatic carbocycles. The van der Waals surface area contributed by atoms with Crippen LogP contribution in [0.15, 0.2) is 72.8 Å². The second-order valence-corrected chi connectivity index (χ2v) is 13.4. The summed E-state index contributed by atoms with van der Waals surface area (Å²) in [5.74, 6) is 1.95. The molecule has 0 aromatic heterocycles. The van der Waals surface area contributed by atoms with Crippen molar-refractivity contribution < 1.29 is 24.5 Å². The summed E-state index contributed by atoms with van der Waals surface area (Å²) in [5.41, 5.74) is 8.45. The third-order valence-electron chi connectivity index (χ3n) is 10.1. The number of aliphatic hydroxyl groups excluding tert-OH is 2. The molecule has 0 atom stereocenters. The lowest BCUT2D eigenvalue weighted by molar-refractivity contribution is -0.139. The summed E-state index contributed by atoms with van der Waals surface area (Å²) in [5, 5.41) is 19.7. The van der Waals surface area contributed by atoms with Gasteiger partial charge in [0.25, 0.3) is 0 Å². The van der Waals surface area contributed by atoms with Crippen LogP contribution in [0.3, 0.4) is 0 Å². The smallest absolute Gasteiger partial charge is 0.333 e. The molecule has 1 aliphatic rings. The molecule has 248 valence electrons. The van der Waals surface area contributed by atoms with E-state index in [1.807, 2.05) is 13.0 Å². The summed E-state index contributed by atoms with van der Waals surface area (Å²) in [4.78, 5) is 11.9.